The van der Waals surface area contributed by atoms with E-state index in [-0.39, 0.29) is 11.9 Å². The van der Waals surface area contributed by atoms with Crippen LogP contribution in [0.5, 0.6) is 0 Å². The van der Waals surface area contributed by atoms with Crippen LogP contribution in [0.3, 0.4) is 0 Å². The van der Waals surface area contributed by atoms with Crippen LogP contribution < -0.4 is 5.32 Å². The third-order valence-electron chi connectivity index (χ3n) is 4.57. The molecule has 112 valence electrons. The maximum Gasteiger partial charge on any atom is 0.123 e. The number of nitrogens with one attached hydrogen (secondary N) is 1. The first-order valence-corrected chi connectivity index (χ1v) is 7.99. The average molecular weight is 298 g/mol. The molecule has 1 aromatic carbocycles. The molecule has 0 radical (unpaired) electrons. The van der Waals surface area contributed by atoms with Crippen LogP contribution >= 0.6 is 11.6 Å². The summed E-state index contributed by atoms with van der Waals surface area (Å²) in [6.45, 7) is 7.63. The van der Waals surface area contributed by atoms with Gasteiger partial charge in [0.1, 0.15) is 5.82 Å². The molecule has 0 bridgehead atoms. The standard InChI is InChI=1S/C17H25ClFN/c1-4-20-16(12-7-9-17(2,3)10-8-12)14-11-13(19)5-6-15(14)18/h5-6,11-12,16,20H,4,7-10H2,1-3H3. The Labute approximate surface area is 126 Å². The molecule has 1 aliphatic carbocycles. The maximum absolute atomic E-state index is 13.6. The maximum atomic E-state index is 13.6. The SMILES string of the molecule is CCNC(c1cc(F)ccc1Cl)C1CCC(C)(C)CC1. The molecule has 0 aromatic heterocycles. The molecule has 0 amide bonds. The first-order valence-electron chi connectivity index (χ1n) is 7.61. The first kappa shape index (κ1) is 15.8. The second-order valence-corrected chi connectivity index (χ2v) is 7.11. The van der Waals surface area contributed by atoms with E-state index in [9.17, 15) is 4.39 Å². The molecule has 1 N–H and O–H groups in total. The summed E-state index contributed by atoms with van der Waals surface area (Å²) in [5, 5.41) is 4.18. The molecule has 0 spiro atoms. The van der Waals surface area contributed by atoms with Gasteiger partial charge in [0.15, 0.2) is 0 Å². The molecule has 1 aromatic rings. The van der Waals surface area contributed by atoms with Gasteiger partial charge < -0.3 is 5.32 Å². The van der Waals surface area contributed by atoms with Gasteiger partial charge in [-0.2, -0.15) is 0 Å². The third-order valence-corrected chi connectivity index (χ3v) is 4.92. The van der Waals surface area contributed by atoms with Crippen LogP contribution in [-0.2, 0) is 0 Å². The molecule has 1 fully saturated rings. The lowest BCUT2D eigenvalue weighted by molar-refractivity contribution is 0.162. The van der Waals surface area contributed by atoms with Crippen molar-refractivity contribution >= 4 is 11.6 Å². The Morgan fingerprint density at radius 2 is 2.00 bits per heavy atom. The highest BCUT2D eigenvalue weighted by atomic mass is 35.5. The first-order chi connectivity index (χ1) is 9.43. The zero-order valence-electron chi connectivity index (χ0n) is 12.7. The number of hydrogen-bond acceptors (Lipinski definition) is 1. The molecule has 0 heterocycles. The van der Waals surface area contributed by atoms with Crippen LogP contribution in [0.4, 0.5) is 4.39 Å². The van der Waals surface area contributed by atoms with Gasteiger partial charge in [-0.1, -0.05) is 32.4 Å². The van der Waals surface area contributed by atoms with E-state index >= 15 is 0 Å². The molecule has 1 aliphatic rings. The molecule has 1 saturated carbocycles. The smallest absolute Gasteiger partial charge is 0.123 e. The fraction of sp³-hybridized carbons (Fsp3) is 0.647. The van der Waals surface area contributed by atoms with E-state index in [1.54, 1.807) is 12.1 Å². The summed E-state index contributed by atoms with van der Waals surface area (Å²) in [6, 6.07) is 4.86. The Bertz CT molecular complexity index is 448. The van der Waals surface area contributed by atoms with Crippen molar-refractivity contribution in [1.29, 1.82) is 0 Å². The summed E-state index contributed by atoms with van der Waals surface area (Å²) in [4.78, 5) is 0. The van der Waals surface area contributed by atoms with Gasteiger partial charge in [-0.15, -0.1) is 0 Å². The molecular formula is C17H25ClFN. The third kappa shape index (κ3) is 3.73. The predicted octanol–water partition coefficient (Wildman–Crippen LogP) is 5.35. The van der Waals surface area contributed by atoms with Gasteiger partial charge in [-0.3, -0.25) is 0 Å². The quantitative estimate of drug-likeness (QED) is 0.790. The monoisotopic (exact) mass is 297 g/mol. The van der Waals surface area contributed by atoms with Crippen LogP contribution in [0.25, 0.3) is 0 Å². The minimum Gasteiger partial charge on any atom is -0.310 e. The highest BCUT2D eigenvalue weighted by Gasteiger charge is 2.32. The molecule has 0 aliphatic heterocycles. The van der Waals surface area contributed by atoms with E-state index in [1.807, 2.05) is 0 Å². The molecule has 1 nitrogen and oxygen atoms in total. The number of hydrogen-bond donors (Lipinski definition) is 1. The van der Waals surface area contributed by atoms with Gasteiger partial charge in [-0.25, -0.2) is 4.39 Å². The molecule has 20 heavy (non-hydrogen) atoms. The predicted molar refractivity (Wildman–Crippen MR) is 83.6 cm³/mol. The van der Waals surface area contributed by atoms with Crippen LogP contribution in [0, 0.1) is 17.2 Å². The highest BCUT2D eigenvalue weighted by molar-refractivity contribution is 6.31. The van der Waals surface area contributed by atoms with Crippen molar-refractivity contribution in [3.63, 3.8) is 0 Å². The van der Waals surface area contributed by atoms with Crippen molar-refractivity contribution in [3.05, 3.63) is 34.6 Å². The fourth-order valence-corrected chi connectivity index (χ4v) is 3.49. The fourth-order valence-electron chi connectivity index (χ4n) is 3.26. The van der Waals surface area contributed by atoms with Gasteiger partial charge in [0.2, 0.25) is 0 Å². The van der Waals surface area contributed by atoms with Crippen molar-refractivity contribution in [2.24, 2.45) is 11.3 Å². The van der Waals surface area contributed by atoms with Crippen LogP contribution in [0.2, 0.25) is 5.02 Å². The summed E-state index contributed by atoms with van der Waals surface area (Å²) >= 11 is 6.30. The van der Waals surface area contributed by atoms with E-state index in [4.69, 9.17) is 11.6 Å². The van der Waals surface area contributed by atoms with Crippen molar-refractivity contribution in [2.75, 3.05) is 6.54 Å². The minimum atomic E-state index is -0.205. The van der Waals surface area contributed by atoms with Crippen LogP contribution in [0.15, 0.2) is 18.2 Å². The minimum absolute atomic E-state index is 0.166. The normalized spacial score (nSPS) is 20.9. The molecule has 1 atom stereocenters. The van der Waals surface area contributed by atoms with Gasteiger partial charge >= 0.3 is 0 Å². The number of rotatable bonds is 4. The Morgan fingerprint density at radius 3 is 2.60 bits per heavy atom. The topological polar surface area (TPSA) is 12.0 Å². The number of halogens is 2. The van der Waals surface area contributed by atoms with Gasteiger partial charge in [0.25, 0.3) is 0 Å². The lowest BCUT2D eigenvalue weighted by Crippen LogP contribution is -2.33. The van der Waals surface area contributed by atoms with Gasteiger partial charge in [0.05, 0.1) is 0 Å². The van der Waals surface area contributed by atoms with E-state index < -0.39 is 0 Å². The lowest BCUT2D eigenvalue weighted by atomic mass is 9.70. The molecule has 3 heteroatoms. The van der Waals surface area contributed by atoms with E-state index in [2.05, 4.69) is 26.1 Å². The zero-order valence-corrected chi connectivity index (χ0v) is 13.4. The largest absolute Gasteiger partial charge is 0.310 e. The second kappa shape index (κ2) is 6.44. The average Bonchev–Trinajstić information content (AvgIpc) is 2.40. The van der Waals surface area contributed by atoms with Crippen molar-refractivity contribution in [1.82, 2.24) is 5.32 Å². The summed E-state index contributed by atoms with van der Waals surface area (Å²) in [5.74, 6) is 0.339. The van der Waals surface area contributed by atoms with E-state index in [0.717, 1.165) is 12.1 Å². The summed E-state index contributed by atoms with van der Waals surface area (Å²) in [5.41, 5.74) is 1.36. The Balaban J connectivity index is 2.21. The summed E-state index contributed by atoms with van der Waals surface area (Å²) < 4.78 is 13.6. The van der Waals surface area contributed by atoms with Crippen LogP contribution in [0.1, 0.15) is 58.1 Å². The molecule has 1 unspecified atom stereocenters. The van der Waals surface area contributed by atoms with Crippen molar-refractivity contribution in [2.45, 2.75) is 52.5 Å². The molecular weight excluding hydrogens is 273 g/mol. The molecule has 2 rings (SSSR count). The van der Waals surface area contributed by atoms with Crippen molar-refractivity contribution < 1.29 is 4.39 Å². The number of benzene rings is 1. The molecule has 0 saturated heterocycles. The summed E-state index contributed by atoms with van der Waals surface area (Å²) in [7, 11) is 0. The Hall–Kier alpha value is -0.600. The van der Waals surface area contributed by atoms with Gasteiger partial charge in [0, 0.05) is 11.1 Å². The van der Waals surface area contributed by atoms with Crippen molar-refractivity contribution in [3.8, 4) is 0 Å². The Morgan fingerprint density at radius 1 is 1.35 bits per heavy atom. The summed E-state index contributed by atoms with van der Waals surface area (Å²) in [6.07, 6.45) is 4.81. The van der Waals surface area contributed by atoms with E-state index in [0.29, 0.717) is 16.4 Å². The lowest BCUT2D eigenvalue weighted by Gasteiger charge is -2.38. The highest BCUT2D eigenvalue weighted by Crippen LogP contribution is 2.43. The Kier molecular flexibility index (Phi) is 5.09. The van der Waals surface area contributed by atoms with Gasteiger partial charge in [-0.05, 0) is 67.3 Å². The van der Waals surface area contributed by atoms with Crippen LogP contribution in [-0.4, -0.2) is 6.54 Å². The van der Waals surface area contributed by atoms with E-state index in [1.165, 1.54) is 31.7 Å². The second-order valence-electron chi connectivity index (χ2n) is 6.70. The zero-order chi connectivity index (χ0) is 14.8.